The van der Waals surface area contributed by atoms with Crippen LogP contribution in [0.3, 0.4) is 0 Å². The van der Waals surface area contributed by atoms with Crippen molar-refractivity contribution in [1.82, 2.24) is 0 Å². The highest BCUT2D eigenvalue weighted by Gasteiger charge is 2.20. The normalized spacial score (nSPS) is 11.3. The number of halogens is 1. The van der Waals surface area contributed by atoms with Crippen LogP contribution in [0.2, 0.25) is 0 Å². The molecule has 0 aliphatic rings. The minimum Gasteiger partial charge on any atom is -0.496 e. The lowest BCUT2D eigenvalue weighted by Gasteiger charge is -2.08. The van der Waals surface area contributed by atoms with E-state index >= 15 is 0 Å². The largest absolute Gasteiger partial charge is 0.496 e. The van der Waals surface area contributed by atoms with E-state index in [-0.39, 0.29) is 22.0 Å². The fourth-order valence-corrected chi connectivity index (χ4v) is 4.92. The van der Waals surface area contributed by atoms with Gasteiger partial charge in [-0.2, -0.15) is 0 Å². The van der Waals surface area contributed by atoms with Gasteiger partial charge in [-0.1, -0.05) is 0 Å². The Labute approximate surface area is 134 Å². The fraction of sp³-hybridized carbons (Fsp3) is 0.154. The third-order valence-corrected chi connectivity index (χ3v) is 6.26. The number of carbonyl (C=O) groups is 1. The van der Waals surface area contributed by atoms with Crippen molar-refractivity contribution in [3.05, 3.63) is 44.6 Å². The number of rotatable bonds is 5. The molecule has 0 saturated carbocycles. The van der Waals surface area contributed by atoms with Crippen LogP contribution in [-0.4, -0.2) is 26.6 Å². The second-order valence-corrected chi connectivity index (χ2v) is 8.06. The summed E-state index contributed by atoms with van der Waals surface area (Å²) in [6.07, 6.45) is 0. The molecule has 1 heterocycles. The number of sulfone groups is 1. The summed E-state index contributed by atoms with van der Waals surface area (Å²) < 4.78 is 30.4. The fourth-order valence-electron chi connectivity index (χ4n) is 1.75. The molecule has 2 rings (SSSR count). The Hall–Kier alpha value is -1.38. The van der Waals surface area contributed by atoms with E-state index in [1.54, 1.807) is 11.4 Å². The number of hydrogen-bond acceptors (Lipinski definition) is 5. The van der Waals surface area contributed by atoms with Crippen LogP contribution in [0.15, 0.2) is 39.0 Å². The number of carboxylic acids is 1. The van der Waals surface area contributed by atoms with Gasteiger partial charge in [-0.15, -0.1) is 11.3 Å². The first-order valence-corrected chi connectivity index (χ1v) is 9.03. The van der Waals surface area contributed by atoms with E-state index in [0.717, 1.165) is 10.5 Å². The van der Waals surface area contributed by atoms with Gasteiger partial charge in [0.15, 0.2) is 9.84 Å². The zero-order valence-electron chi connectivity index (χ0n) is 10.9. The maximum atomic E-state index is 12.3. The average molecular weight is 391 g/mol. The zero-order valence-corrected chi connectivity index (χ0v) is 14.1. The van der Waals surface area contributed by atoms with E-state index in [4.69, 9.17) is 9.84 Å². The molecule has 0 spiro atoms. The van der Waals surface area contributed by atoms with Crippen LogP contribution >= 0.6 is 27.3 Å². The summed E-state index contributed by atoms with van der Waals surface area (Å²) in [5.74, 6) is -1.28. The second kappa shape index (κ2) is 6.17. The molecule has 0 unspecified atom stereocenters. The molecule has 2 aromatic rings. The van der Waals surface area contributed by atoms with Crippen LogP contribution in [0.4, 0.5) is 0 Å². The highest BCUT2D eigenvalue weighted by Crippen LogP contribution is 2.27. The predicted octanol–water partition coefficient (Wildman–Crippen LogP) is 3.19. The van der Waals surface area contributed by atoms with Crippen molar-refractivity contribution in [3.63, 3.8) is 0 Å². The van der Waals surface area contributed by atoms with Gasteiger partial charge in [0.1, 0.15) is 11.3 Å². The smallest absolute Gasteiger partial charge is 0.339 e. The van der Waals surface area contributed by atoms with E-state index in [0.29, 0.717) is 4.88 Å². The molecular formula is C13H11BrO5S2. The number of hydrogen-bond donors (Lipinski definition) is 1. The minimum absolute atomic E-state index is 0.0368. The molecule has 0 aliphatic carbocycles. The Morgan fingerprint density at radius 3 is 2.62 bits per heavy atom. The molecule has 0 fully saturated rings. The number of methoxy groups -OCH3 is 1. The highest BCUT2D eigenvalue weighted by molar-refractivity contribution is 9.10. The number of thiophene rings is 1. The van der Waals surface area contributed by atoms with Gasteiger partial charge in [-0.3, -0.25) is 0 Å². The molecule has 1 aromatic heterocycles. The lowest BCUT2D eigenvalue weighted by atomic mass is 10.2. The molecule has 112 valence electrons. The molecule has 0 bridgehead atoms. The summed E-state index contributed by atoms with van der Waals surface area (Å²) >= 11 is 4.59. The third kappa shape index (κ3) is 3.63. The monoisotopic (exact) mass is 390 g/mol. The van der Waals surface area contributed by atoms with Crippen LogP contribution in [0.5, 0.6) is 5.75 Å². The molecule has 1 N–H and O–H groups in total. The van der Waals surface area contributed by atoms with Crippen molar-refractivity contribution >= 4 is 43.1 Å². The predicted molar refractivity (Wildman–Crippen MR) is 82.9 cm³/mol. The van der Waals surface area contributed by atoms with E-state index in [9.17, 15) is 13.2 Å². The van der Waals surface area contributed by atoms with Gasteiger partial charge in [-0.25, -0.2) is 13.2 Å². The van der Waals surface area contributed by atoms with Gasteiger partial charge in [-0.05, 0) is 40.2 Å². The van der Waals surface area contributed by atoms with Crippen LogP contribution in [0.1, 0.15) is 15.2 Å². The Morgan fingerprint density at radius 2 is 2.10 bits per heavy atom. The number of benzene rings is 1. The zero-order chi connectivity index (χ0) is 15.6. The van der Waals surface area contributed by atoms with Crippen molar-refractivity contribution < 1.29 is 23.1 Å². The lowest BCUT2D eigenvalue weighted by molar-refractivity contribution is 0.0693. The summed E-state index contributed by atoms with van der Waals surface area (Å²) in [6, 6.07) is 5.55. The molecular weight excluding hydrogens is 380 g/mol. The Bertz CT molecular complexity index is 780. The van der Waals surface area contributed by atoms with Gasteiger partial charge >= 0.3 is 5.97 Å². The number of ether oxygens (including phenoxy) is 1. The molecule has 21 heavy (non-hydrogen) atoms. The third-order valence-electron chi connectivity index (χ3n) is 2.71. The van der Waals surface area contributed by atoms with E-state index in [1.165, 1.54) is 30.6 Å². The van der Waals surface area contributed by atoms with Gasteiger partial charge in [0, 0.05) is 14.7 Å². The molecule has 0 aliphatic heterocycles. The van der Waals surface area contributed by atoms with E-state index < -0.39 is 15.8 Å². The molecule has 8 heteroatoms. The molecule has 5 nitrogen and oxygen atoms in total. The average Bonchev–Trinajstić information content (AvgIpc) is 2.82. The first-order valence-electron chi connectivity index (χ1n) is 5.70. The molecule has 0 atom stereocenters. The number of aromatic carboxylic acids is 1. The standard InChI is InChI=1S/C13H11BrO5S2/c1-19-12-3-2-10(5-11(12)13(15)16)21(17,18)7-9-4-8(14)6-20-9/h2-6H,7H2,1H3,(H,15,16). The highest BCUT2D eigenvalue weighted by atomic mass is 79.9. The summed E-state index contributed by atoms with van der Waals surface area (Å²) in [7, 11) is -2.28. The molecule has 0 saturated heterocycles. The number of carboxylic acid groups (broad SMARTS) is 1. The summed E-state index contributed by atoms with van der Waals surface area (Å²) in [5.41, 5.74) is -0.175. The van der Waals surface area contributed by atoms with Crippen molar-refractivity contribution in [1.29, 1.82) is 0 Å². The minimum atomic E-state index is -3.61. The SMILES string of the molecule is COc1ccc(S(=O)(=O)Cc2cc(Br)cs2)cc1C(=O)O. The van der Waals surface area contributed by atoms with Crippen molar-refractivity contribution in [2.75, 3.05) is 7.11 Å². The Morgan fingerprint density at radius 1 is 1.38 bits per heavy atom. The molecule has 0 amide bonds. The van der Waals surface area contributed by atoms with E-state index in [1.807, 2.05) is 0 Å². The van der Waals surface area contributed by atoms with Gasteiger partial charge in [0.05, 0.1) is 17.8 Å². The first-order chi connectivity index (χ1) is 9.83. The van der Waals surface area contributed by atoms with Crippen molar-refractivity contribution in [3.8, 4) is 5.75 Å². The van der Waals surface area contributed by atoms with Gasteiger partial charge in [0.25, 0.3) is 0 Å². The second-order valence-electron chi connectivity index (χ2n) is 4.16. The Balaban J connectivity index is 2.40. The Kier molecular flexibility index (Phi) is 4.70. The van der Waals surface area contributed by atoms with Crippen LogP contribution < -0.4 is 4.74 Å². The maximum Gasteiger partial charge on any atom is 0.339 e. The quantitative estimate of drug-likeness (QED) is 0.847. The van der Waals surface area contributed by atoms with E-state index in [2.05, 4.69) is 15.9 Å². The summed E-state index contributed by atoms with van der Waals surface area (Å²) in [5, 5.41) is 10.9. The molecule has 1 aromatic carbocycles. The maximum absolute atomic E-state index is 12.3. The van der Waals surface area contributed by atoms with Crippen LogP contribution in [0.25, 0.3) is 0 Å². The summed E-state index contributed by atoms with van der Waals surface area (Å²) in [4.78, 5) is 11.8. The van der Waals surface area contributed by atoms with Crippen molar-refractivity contribution in [2.24, 2.45) is 0 Å². The summed E-state index contributed by atoms with van der Waals surface area (Å²) in [6.45, 7) is 0. The molecule has 0 radical (unpaired) electrons. The van der Waals surface area contributed by atoms with Crippen molar-refractivity contribution in [2.45, 2.75) is 10.6 Å². The first kappa shape index (κ1) is 16.0. The van der Waals surface area contributed by atoms with Crippen LogP contribution in [0, 0.1) is 0 Å². The lowest BCUT2D eigenvalue weighted by Crippen LogP contribution is -2.07. The van der Waals surface area contributed by atoms with Gasteiger partial charge < -0.3 is 9.84 Å². The van der Waals surface area contributed by atoms with Gasteiger partial charge in [0.2, 0.25) is 0 Å². The van der Waals surface area contributed by atoms with Crippen LogP contribution in [-0.2, 0) is 15.6 Å². The topological polar surface area (TPSA) is 80.7 Å².